The fourth-order valence-corrected chi connectivity index (χ4v) is 3.72. The standard InChI is InChI=1S/C22H15Cl2NO4/c23-15-8-6-13(7-9-15)20(26)18-19(14-3-1-4-16(24)11-14)25(22(28)21(18)27)12-17-5-2-10-29-17/h1-11,19,26H,12H2. The van der Waals surface area contributed by atoms with Gasteiger partial charge in [0.25, 0.3) is 11.7 Å². The minimum atomic E-state index is -0.811. The molecular formula is C22H15Cl2NO4. The summed E-state index contributed by atoms with van der Waals surface area (Å²) in [6.07, 6.45) is 1.49. The Hall–Kier alpha value is -3.02. The maximum absolute atomic E-state index is 12.9. The molecule has 7 heteroatoms. The van der Waals surface area contributed by atoms with Gasteiger partial charge in [0.2, 0.25) is 0 Å². The number of carbonyl (C=O) groups excluding carboxylic acids is 2. The van der Waals surface area contributed by atoms with Gasteiger partial charge >= 0.3 is 0 Å². The Morgan fingerprint density at radius 1 is 1.00 bits per heavy atom. The number of halogens is 2. The van der Waals surface area contributed by atoms with Crippen molar-refractivity contribution >= 4 is 40.7 Å². The lowest BCUT2D eigenvalue weighted by Crippen LogP contribution is -2.29. The third-order valence-electron chi connectivity index (χ3n) is 4.73. The van der Waals surface area contributed by atoms with Crippen molar-refractivity contribution < 1.29 is 19.1 Å². The molecule has 1 unspecified atom stereocenters. The van der Waals surface area contributed by atoms with E-state index in [0.717, 1.165) is 0 Å². The molecule has 1 aromatic heterocycles. The van der Waals surface area contributed by atoms with E-state index in [9.17, 15) is 14.7 Å². The van der Waals surface area contributed by atoms with Gasteiger partial charge in [0.1, 0.15) is 11.5 Å². The lowest BCUT2D eigenvalue weighted by Gasteiger charge is -2.24. The number of carbonyl (C=O) groups is 2. The zero-order valence-electron chi connectivity index (χ0n) is 15.0. The van der Waals surface area contributed by atoms with E-state index in [1.165, 1.54) is 11.2 Å². The summed E-state index contributed by atoms with van der Waals surface area (Å²) >= 11 is 12.1. The Kier molecular flexibility index (Phi) is 5.18. The van der Waals surface area contributed by atoms with E-state index in [1.54, 1.807) is 60.7 Å². The minimum absolute atomic E-state index is 0.00820. The smallest absolute Gasteiger partial charge is 0.296 e. The maximum Gasteiger partial charge on any atom is 0.296 e. The van der Waals surface area contributed by atoms with E-state index >= 15 is 0 Å². The predicted octanol–water partition coefficient (Wildman–Crippen LogP) is 5.21. The quantitative estimate of drug-likeness (QED) is 0.352. The van der Waals surface area contributed by atoms with Gasteiger partial charge in [-0.25, -0.2) is 0 Å². The molecule has 0 bridgehead atoms. The molecule has 0 spiro atoms. The van der Waals surface area contributed by atoms with Crippen LogP contribution in [0.3, 0.4) is 0 Å². The molecule has 0 saturated carbocycles. The zero-order chi connectivity index (χ0) is 20.5. The van der Waals surface area contributed by atoms with Crippen molar-refractivity contribution in [1.29, 1.82) is 0 Å². The second-order valence-corrected chi connectivity index (χ2v) is 7.44. The third-order valence-corrected chi connectivity index (χ3v) is 5.22. The van der Waals surface area contributed by atoms with Crippen molar-refractivity contribution in [2.45, 2.75) is 12.6 Å². The molecule has 3 aromatic rings. The van der Waals surface area contributed by atoms with Crippen molar-refractivity contribution in [3.63, 3.8) is 0 Å². The molecule has 0 aliphatic carbocycles. The molecule has 1 aliphatic heterocycles. The van der Waals surface area contributed by atoms with Crippen LogP contribution in [-0.2, 0) is 16.1 Å². The molecule has 1 saturated heterocycles. The average molecular weight is 428 g/mol. The molecule has 29 heavy (non-hydrogen) atoms. The number of benzene rings is 2. The molecule has 0 radical (unpaired) electrons. The first-order chi connectivity index (χ1) is 14.0. The fourth-order valence-electron chi connectivity index (χ4n) is 3.40. The van der Waals surface area contributed by atoms with Gasteiger partial charge in [-0.05, 0) is 54.1 Å². The van der Waals surface area contributed by atoms with E-state index in [4.69, 9.17) is 27.6 Å². The molecule has 1 aliphatic rings. The SMILES string of the molecule is O=C1C(=O)N(Cc2ccco2)C(c2cccc(Cl)c2)C1=C(O)c1ccc(Cl)cc1. The molecule has 1 fully saturated rings. The molecule has 5 nitrogen and oxygen atoms in total. The molecule has 1 atom stereocenters. The Balaban J connectivity index is 1.87. The summed E-state index contributed by atoms with van der Waals surface area (Å²) in [5.41, 5.74) is 0.988. The summed E-state index contributed by atoms with van der Waals surface area (Å²) in [6.45, 7) is 0.0755. The number of rotatable bonds is 4. The molecular weight excluding hydrogens is 413 g/mol. The van der Waals surface area contributed by atoms with Crippen LogP contribution in [-0.4, -0.2) is 21.7 Å². The number of Topliss-reactive ketones (excluding diaryl/α,β-unsaturated/α-hetero) is 1. The summed E-state index contributed by atoms with van der Waals surface area (Å²) in [5, 5.41) is 11.9. The molecule has 1 amide bonds. The molecule has 4 rings (SSSR count). The van der Waals surface area contributed by atoms with Crippen LogP contribution < -0.4 is 0 Å². The van der Waals surface area contributed by atoms with Gasteiger partial charge in [0, 0.05) is 15.6 Å². The summed E-state index contributed by atoms with van der Waals surface area (Å²) in [6, 6.07) is 15.8. The van der Waals surface area contributed by atoms with Gasteiger partial charge in [0.05, 0.1) is 24.4 Å². The first kappa shape index (κ1) is 19.3. The second-order valence-electron chi connectivity index (χ2n) is 6.57. The fraction of sp³-hybridized carbons (Fsp3) is 0.0909. The third kappa shape index (κ3) is 3.67. The van der Waals surface area contributed by atoms with Crippen LogP contribution in [0, 0.1) is 0 Å². The van der Waals surface area contributed by atoms with E-state index in [0.29, 0.717) is 26.9 Å². The predicted molar refractivity (Wildman–Crippen MR) is 109 cm³/mol. The molecule has 2 heterocycles. The van der Waals surface area contributed by atoms with Gasteiger partial charge < -0.3 is 14.4 Å². The number of hydrogen-bond acceptors (Lipinski definition) is 4. The first-order valence-corrected chi connectivity index (χ1v) is 9.53. The van der Waals surface area contributed by atoms with Crippen molar-refractivity contribution in [2.75, 3.05) is 0 Å². The monoisotopic (exact) mass is 427 g/mol. The van der Waals surface area contributed by atoms with Gasteiger partial charge in [-0.1, -0.05) is 35.3 Å². The highest BCUT2D eigenvalue weighted by Gasteiger charge is 2.46. The summed E-state index contributed by atoms with van der Waals surface area (Å²) in [5.74, 6) is -1.24. The van der Waals surface area contributed by atoms with Crippen LogP contribution in [0.2, 0.25) is 10.0 Å². The van der Waals surface area contributed by atoms with Crippen LogP contribution in [0.4, 0.5) is 0 Å². The Labute approximate surface area is 176 Å². The van der Waals surface area contributed by atoms with Gasteiger partial charge in [0.15, 0.2) is 0 Å². The van der Waals surface area contributed by atoms with E-state index in [1.807, 2.05) is 0 Å². The normalized spacial score (nSPS) is 18.4. The van der Waals surface area contributed by atoms with Crippen molar-refractivity contribution in [3.05, 3.63) is 99.4 Å². The minimum Gasteiger partial charge on any atom is -0.507 e. The Morgan fingerprint density at radius 3 is 2.41 bits per heavy atom. The number of ketones is 1. The van der Waals surface area contributed by atoms with E-state index < -0.39 is 17.7 Å². The van der Waals surface area contributed by atoms with Gasteiger partial charge in [-0.15, -0.1) is 0 Å². The van der Waals surface area contributed by atoms with Crippen LogP contribution >= 0.6 is 23.2 Å². The van der Waals surface area contributed by atoms with Gasteiger partial charge in [-0.3, -0.25) is 9.59 Å². The van der Waals surface area contributed by atoms with E-state index in [2.05, 4.69) is 0 Å². The summed E-state index contributed by atoms with van der Waals surface area (Å²) in [4.78, 5) is 27.1. The maximum atomic E-state index is 12.9. The number of furan rings is 1. The zero-order valence-corrected chi connectivity index (χ0v) is 16.5. The Bertz CT molecular complexity index is 1100. The largest absolute Gasteiger partial charge is 0.507 e. The molecule has 146 valence electrons. The highest BCUT2D eigenvalue weighted by Crippen LogP contribution is 2.40. The van der Waals surface area contributed by atoms with Gasteiger partial charge in [-0.2, -0.15) is 0 Å². The number of aliphatic hydroxyl groups is 1. The van der Waals surface area contributed by atoms with Crippen molar-refractivity contribution in [2.24, 2.45) is 0 Å². The number of likely N-dealkylation sites (tertiary alicyclic amines) is 1. The number of nitrogens with zero attached hydrogens (tertiary/aromatic N) is 1. The lowest BCUT2D eigenvalue weighted by atomic mass is 9.95. The lowest BCUT2D eigenvalue weighted by molar-refractivity contribution is -0.140. The van der Waals surface area contributed by atoms with Crippen LogP contribution in [0.25, 0.3) is 5.76 Å². The van der Waals surface area contributed by atoms with Crippen molar-refractivity contribution in [1.82, 2.24) is 4.90 Å². The molecule has 2 aromatic carbocycles. The molecule has 1 N–H and O–H groups in total. The first-order valence-electron chi connectivity index (χ1n) is 8.78. The topological polar surface area (TPSA) is 70.8 Å². The highest BCUT2D eigenvalue weighted by molar-refractivity contribution is 6.46. The number of amides is 1. The second kappa shape index (κ2) is 7.78. The summed E-state index contributed by atoms with van der Waals surface area (Å²) < 4.78 is 5.36. The van der Waals surface area contributed by atoms with Crippen LogP contribution in [0.5, 0.6) is 0 Å². The van der Waals surface area contributed by atoms with Crippen LogP contribution in [0.1, 0.15) is 22.9 Å². The Morgan fingerprint density at radius 2 is 1.76 bits per heavy atom. The van der Waals surface area contributed by atoms with Crippen molar-refractivity contribution in [3.8, 4) is 0 Å². The van der Waals surface area contributed by atoms with E-state index in [-0.39, 0.29) is 17.9 Å². The van der Waals surface area contributed by atoms with Crippen LogP contribution in [0.15, 0.2) is 76.9 Å². The number of hydrogen-bond donors (Lipinski definition) is 1. The summed E-state index contributed by atoms with van der Waals surface area (Å²) in [7, 11) is 0. The average Bonchev–Trinajstić information content (AvgIpc) is 3.30. The number of aliphatic hydroxyl groups excluding tert-OH is 1. The highest BCUT2D eigenvalue weighted by atomic mass is 35.5.